The molecule has 7 nitrogen and oxygen atoms in total. The van der Waals surface area contributed by atoms with E-state index in [0.29, 0.717) is 12.4 Å². The van der Waals surface area contributed by atoms with Gasteiger partial charge < -0.3 is 4.74 Å². The second kappa shape index (κ2) is 11.0. The molecule has 0 radical (unpaired) electrons. The van der Waals surface area contributed by atoms with Crippen LogP contribution in [0, 0.1) is 10.1 Å². The van der Waals surface area contributed by atoms with Crippen molar-refractivity contribution in [1.82, 2.24) is 5.43 Å². The van der Waals surface area contributed by atoms with Crippen molar-refractivity contribution >= 4 is 29.6 Å². The lowest BCUT2D eigenvalue weighted by Crippen LogP contribution is -2.19. The molecule has 2 aromatic carbocycles. The number of rotatable bonds is 10. The fourth-order valence-corrected chi connectivity index (χ4v) is 2.87. The van der Waals surface area contributed by atoms with Gasteiger partial charge in [-0.1, -0.05) is 19.1 Å². The monoisotopic (exact) mass is 387 g/mol. The molecule has 2 aromatic rings. The predicted octanol–water partition coefficient (Wildman–Crippen LogP) is 3.77. The van der Waals surface area contributed by atoms with Crippen LogP contribution in [0.2, 0.25) is 0 Å². The summed E-state index contributed by atoms with van der Waals surface area (Å²) in [5.74, 6) is 1.29. The number of amides is 1. The molecular formula is C19H21N3O4S. The van der Waals surface area contributed by atoms with Gasteiger partial charge in [0.2, 0.25) is 5.91 Å². The largest absolute Gasteiger partial charge is 0.494 e. The molecule has 2 rings (SSSR count). The first kappa shape index (κ1) is 20.4. The van der Waals surface area contributed by atoms with E-state index < -0.39 is 4.92 Å². The van der Waals surface area contributed by atoms with E-state index in [1.54, 1.807) is 18.3 Å². The van der Waals surface area contributed by atoms with Gasteiger partial charge in [-0.05, 0) is 41.8 Å². The Morgan fingerprint density at radius 2 is 2.07 bits per heavy atom. The number of nitrogens with zero attached hydrogens (tertiary/aromatic N) is 2. The SMILES string of the molecule is CCCOc1ccc(/C=N\NC(=O)CSCc2cccc([N+](=O)[O-])c2)cc1. The first-order valence-corrected chi connectivity index (χ1v) is 9.60. The number of hydrogen-bond donors (Lipinski definition) is 1. The van der Waals surface area contributed by atoms with Gasteiger partial charge in [0.15, 0.2) is 0 Å². The molecule has 0 unspecified atom stereocenters. The van der Waals surface area contributed by atoms with Crippen LogP contribution in [-0.2, 0) is 10.5 Å². The number of carbonyl (C=O) groups excluding carboxylic acids is 1. The Morgan fingerprint density at radius 1 is 1.30 bits per heavy atom. The molecule has 8 heteroatoms. The Balaban J connectivity index is 1.72. The van der Waals surface area contributed by atoms with Crippen LogP contribution in [0.3, 0.4) is 0 Å². The van der Waals surface area contributed by atoms with Gasteiger partial charge in [0.05, 0.1) is 23.5 Å². The summed E-state index contributed by atoms with van der Waals surface area (Å²) >= 11 is 1.37. The number of carbonyl (C=O) groups is 1. The summed E-state index contributed by atoms with van der Waals surface area (Å²) in [6.07, 6.45) is 2.52. The van der Waals surface area contributed by atoms with E-state index in [1.807, 2.05) is 31.2 Å². The zero-order chi connectivity index (χ0) is 19.5. The van der Waals surface area contributed by atoms with Gasteiger partial charge >= 0.3 is 0 Å². The minimum atomic E-state index is -0.432. The average molecular weight is 387 g/mol. The Hall–Kier alpha value is -2.87. The van der Waals surface area contributed by atoms with Crippen LogP contribution < -0.4 is 10.2 Å². The normalized spacial score (nSPS) is 10.7. The number of hydrazone groups is 1. The zero-order valence-electron chi connectivity index (χ0n) is 15.0. The highest BCUT2D eigenvalue weighted by atomic mass is 32.2. The second-order valence-electron chi connectivity index (χ2n) is 5.63. The van der Waals surface area contributed by atoms with Crippen molar-refractivity contribution in [3.05, 3.63) is 69.8 Å². The number of benzene rings is 2. The number of thioether (sulfide) groups is 1. The molecule has 0 saturated carbocycles. The lowest BCUT2D eigenvalue weighted by atomic mass is 10.2. The van der Waals surface area contributed by atoms with Crippen LogP contribution in [0.1, 0.15) is 24.5 Å². The molecule has 27 heavy (non-hydrogen) atoms. The molecule has 1 N–H and O–H groups in total. The van der Waals surface area contributed by atoms with Crippen molar-refractivity contribution < 1.29 is 14.5 Å². The molecule has 0 atom stereocenters. The number of nitrogens with one attached hydrogen (secondary N) is 1. The Kier molecular flexibility index (Phi) is 8.31. The average Bonchev–Trinajstić information content (AvgIpc) is 2.67. The minimum absolute atomic E-state index is 0.0493. The third kappa shape index (κ3) is 7.49. The molecule has 0 heterocycles. The van der Waals surface area contributed by atoms with Crippen LogP contribution in [0.15, 0.2) is 53.6 Å². The van der Waals surface area contributed by atoms with Gasteiger partial charge in [-0.15, -0.1) is 11.8 Å². The molecule has 0 aliphatic carbocycles. The van der Waals surface area contributed by atoms with Crippen molar-refractivity contribution in [3.8, 4) is 5.75 Å². The van der Waals surface area contributed by atoms with Gasteiger partial charge in [-0.2, -0.15) is 5.10 Å². The van der Waals surface area contributed by atoms with Gasteiger partial charge in [0, 0.05) is 17.9 Å². The van der Waals surface area contributed by atoms with E-state index in [0.717, 1.165) is 23.3 Å². The quantitative estimate of drug-likeness (QED) is 0.380. The Morgan fingerprint density at radius 3 is 2.78 bits per heavy atom. The van der Waals surface area contributed by atoms with E-state index in [-0.39, 0.29) is 17.3 Å². The van der Waals surface area contributed by atoms with Gasteiger partial charge in [-0.25, -0.2) is 5.43 Å². The molecule has 142 valence electrons. The van der Waals surface area contributed by atoms with Crippen LogP contribution in [0.5, 0.6) is 5.75 Å². The van der Waals surface area contributed by atoms with E-state index in [4.69, 9.17) is 4.74 Å². The summed E-state index contributed by atoms with van der Waals surface area (Å²) in [6.45, 7) is 2.73. The van der Waals surface area contributed by atoms with E-state index >= 15 is 0 Å². The Bertz CT molecular complexity index is 794. The molecule has 1 amide bonds. The van der Waals surface area contributed by atoms with Gasteiger partial charge in [0.25, 0.3) is 5.69 Å². The Labute approximate surface area is 162 Å². The van der Waals surface area contributed by atoms with Crippen molar-refractivity contribution in [2.45, 2.75) is 19.1 Å². The van der Waals surface area contributed by atoms with Crippen molar-refractivity contribution in [2.24, 2.45) is 5.10 Å². The standard InChI is InChI=1S/C19H21N3O4S/c1-2-10-26-18-8-6-15(7-9-18)12-20-21-19(23)14-27-13-16-4-3-5-17(11-16)22(24)25/h3-9,11-12H,2,10,13-14H2,1H3,(H,21,23)/b20-12-. The van der Waals surface area contributed by atoms with E-state index in [9.17, 15) is 14.9 Å². The lowest BCUT2D eigenvalue weighted by Gasteiger charge is -2.04. The highest BCUT2D eigenvalue weighted by molar-refractivity contribution is 7.99. The number of nitro groups is 1. The maximum absolute atomic E-state index is 11.8. The topological polar surface area (TPSA) is 93.8 Å². The molecular weight excluding hydrogens is 366 g/mol. The third-order valence-corrected chi connectivity index (χ3v) is 4.38. The number of ether oxygens (including phenoxy) is 1. The molecule has 0 spiro atoms. The van der Waals surface area contributed by atoms with Gasteiger partial charge in [0.1, 0.15) is 5.75 Å². The van der Waals surface area contributed by atoms with Crippen molar-refractivity contribution in [2.75, 3.05) is 12.4 Å². The summed E-state index contributed by atoms with van der Waals surface area (Å²) in [5.41, 5.74) is 4.17. The highest BCUT2D eigenvalue weighted by Gasteiger charge is 2.06. The van der Waals surface area contributed by atoms with Crippen molar-refractivity contribution in [1.29, 1.82) is 0 Å². The molecule has 0 aromatic heterocycles. The van der Waals surface area contributed by atoms with Crippen LogP contribution in [0.4, 0.5) is 5.69 Å². The summed E-state index contributed by atoms with van der Waals surface area (Å²) in [4.78, 5) is 22.1. The number of nitro benzene ring substituents is 1. The second-order valence-corrected chi connectivity index (χ2v) is 6.62. The fraction of sp³-hybridized carbons (Fsp3) is 0.263. The maximum Gasteiger partial charge on any atom is 0.269 e. The summed E-state index contributed by atoms with van der Waals surface area (Å²) < 4.78 is 5.50. The minimum Gasteiger partial charge on any atom is -0.494 e. The van der Waals surface area contributed by atoms with Crippen LogP contribution >= 0.6 is 11.8 Å². The van der Waals surface area contributed by atoms with E-state index in [1.165, 1.54) is 23.9 Å². The summed E-state index contributed by atoms with van der Waals surface area (Å²) in [5, 5.41) is 14.7. The number of non-ortho nitro benzene ring substituents is 1. The molecule has 0 aliphatic rings. The third-order valence-electron chi connectivity index (χ3n) is 3.38. The molecule has 0 aliphatic heterocycles. The first-order chi connectivity index (χ1) is 13.1. The van der Waals surface area contributed by atoms with E-state index in [2.05, 4.69) is 10.5 Å². The maximum atomic E-state index is 11.8. The van der Waals surface area contributed by atoms with Crippen LogP contribution in [-0.4, -0.2) is 29.4 Å². The first-order valence-electron chi connectivity index (χ1n) is 8.44. The smallest absolute Gasteiger partial charge is 0.269 e. The van der Waals surface area contributed by atoms with Gasteiger partial charge in [-0.3, -0.25) is 14.9 Å². The van der Waals surface area contributed by atoms with Crippen molar-refractivity contribution in [3.63, 3.8) is 0 Å². The fourth-order valence-electron chi connectivity index (χ4n) is 2.10. The van der Waals surface area contributed by atoms with Crippen LogP contribution in [0.25, 0.3) is 0 Å². The zero-order valence-corrected chi connectivity index (χ0v) is 15.8. The molecule has 0 bridgehead atoms. The summed E-state index contributed by atoms with van der Waals surface area (Å²) in [7, 11) is 0. The molecule has 0 saturated heterocycles. The molecule has 0 fully saturated rings. The lowest BCUT2D eigenvalue weighted by molar-refractivity contribution is -0.384. The number of hydrogen-bond acceptors (Lipinski definition) is 6. The predicted molar refractivity (Wildman–Crippen MR) is 107 cm³/mol. The highest BCUT2D eigenvalue weighted by Crippen LogP contribution is 2.17. The summed E-state index contributed by atoms with van der Waals surface area (Å²) in [6, 6.07) is 13.8.